The molecule has 5 heteroatoms. The summed E-state index contributed by atoms with van der Waals surface area (Å²) >= 11 is 1.70. The lowest BCUT2D eigenvalue weighted by molar-refractivity contribution is 0.218. The van der Waals surface area contributed by atoms with Crippen molar-refractivity contribution in [1.29, 1.82) is 0 Å². The van der Waals surface area contributed by atoms with E-state index in [2.05, 4.69) is 22.2 Å². The van der Waals surface area contributed by atoms with Gasteiger partial charge in [-0.1, -0.05) is 6.92 Å². The predicted molar refractivity (Wildman–Crippen MR) is 68.1 cm³/mol. The Morgan fingerprint density at radius 2 is 2.25 bits per heavy atom. The van der Waals surface area contributed by atoms with Crippen LogP contribution in [0.3, 0.4) is 0 Å². The Labute approximate surface area is 101 Å². The number of ether oxygens (including phenoxy) is 1. The number of nitrogens with one attached hydrogen (secondary N) is 1. The summed E-state index contributed by atoms with van der Waals surface area (Å²) in [5.41, 5.74) is 1.12. The molecule has 0 saturated heterocycles. The van der Waals surface area contributed by atoms with E-state index in [0.29, 0.717) is 0 Å². The molecule has 0 saturated carbocycles. The molecule has 1 aromatic heterocycles. The maximum absolute atomic E-state index is 5.02. The van der Waals surface area contributed by atoms with E-state index in [1.54, 1.807) is 25.2 Å². The van der Waals surface area contributed by atoms with Crippen LogP contribution in [0.1, 0.15) is 18.9 Å². The molecule has 1 rings (SSSR count). The fourth-order valence-electron chi connectivity index (χ4n) is 1.22. The third kappa shape index (κ3) is 3.98. The van der Waals surface area contributed by atoms with E-state index in [1.807, 2.05) is 6.92 Å². The molecule has 1 aromatic rings. The number of methoxy groups -OCH3 is 1. The Bertz CT molecular complexity index is 320. The molecule has 0 unspecified atom stereocenters. The highest BCUT2D eigenvalue weighted by Gasteiger charge is 2.06. The second kappa shape index (κ2) is 7.46. The van der Waals surface area contributed by atoms with Crippen LogP contribution in [0.15, 0.2) is 11.4 Å². The summed E-state index contributed by atoms with van der Waals surface area (Å²) in [5.74, 6) is 1.86. The molecule has 1 N–H and O–H groups in total. The molecule has 0 atom stereocenters. The zero-order valence-corrected chi connectivity index (χ0v) is 10.9. The lowest BCUT2D eigenvalue weighted by Gasteiger charge is -2.10. The number of aromatic nitrogens is 2. The highest BCUT2D eigenvalue weighted by atomic mass is 32.2. The second-order valence-electron chi connectivity index (χ2n) is 3.42. The van der Waals surface area contributed by atoms with E-state index in [1.165, 1.54) is 0 Å². The zero-order chi connectivity index (χ0) is 11.8. The summed E-state index contributed by atoms with van der Waals surface area (Å²) in [6.07, 6.45) is 2.70. The smallest absolute Gasteiger partial charge is 0.133 e. The van der Waals surface area contributed by atoms with Gasteiger partial charge in [-0.15, -0.1) is 11.8 Å². The van der Waals surface area contributed by atoms with Gasteiger partial charge in [0.2, 0.25) is 0 Å². The number of rotatable bonds is 7. The largest absolute Gasteiger partial charge is 0.384 e. The fraction of sp³-hybridized carbons (Fsp3) is 0.636. The van der Waals surface area contributed by atoms with Crippen molar-refractivity contribution in [3.05, 3.63) is 11.9 Å². The van der Waals surface area contributed by atoms with Crippen molar-refractivity contribution < 1.29 is 4.74 Å². The minimum absolute atomic E-state index is 0.742. The molecule has 0 amide bonds. The number of hydrogen-bond acceptors (Lipinski definition) is 5. The molecule has 0 fully saturated rings. The lowest BCUT2D eigenvalue weighted by Crippen LogP contribution is -2.05. The highest BCUT2D eigenvalue weighted by Crippen LogP contribution is 2.23. The van der Waals surface area contributed by atoms with Gasteiger partial charge in [0.1, 0.15) is 17.2 Å². The van der Waals surface area contributed by atoms with Gasteiger partial charge >= 0.3 is 0 Å². The topological polar surface area (TPSA) is 47.0 Å². The molecular formula is C11H19N3OS. The van der Waals surface area contributed by atoms with Gasteiger partial charge in [-0.05, 0) is 13.3 Å². The number of hydrogen-bond donors (Lipinski definition) is 1. The quantitative estimate of drug-likeness (QED) is 0.451. The molecule has 0 spiro atoms. The van der Waals surface area contributed by atoms with E-state index < -0.39 is 0 Å². The van der Waals surface area contributed by atoms with Crippen molar-refractivity contribution in [2.24, 2.45) is 0 Å². The molecular weight excluding hydrogens is 222 g/mol. The van der Waals surface area contributed by atoms with Crippen LogP contribution in [-0.4, -0.2) is 36.0 Å². The standard InChI is InChI=1S/C11H19N3OS/c1-4-5-12-10-9(2)11(14-8-13-10)16-7-6-15-3/h8H,4-7H2,1-3H3,(H,12,13,14). The van der Waals surface area contributed by atoms with Crippen molar-refractivity contribution in [1.82, 2.24) is 9.97 Å². The number of thioether (sulfide) groups is 1. The maximum Gasteiger partial charge on any atom is 0.133 e. The fourth-order valence-corrected chi connectivity index (χ4v) is 2.10. The maximum atomic E-state index is 5.02. The summed E-state index contributed by atoms with van der Waals surface area (Å²) in [4.78, 5) is 8.51. The van der Waals surface area contributed by atoms with Crippen LogP contribution in [0.25, 0.3) is 0 Å². The van der Waals surface area contributed by atoms with Crippen molar-refractivity contribution in [2.75, 3.05) is 31.3 Å². The minimum atomic E-state index is 0.742. The first-order valence-electron chi connectivity index (χ1n) is 5.46. The first kappa shape index (κ1) is 13.3. The Morgan fingerprint density at radius 1 is 1.44 bits per heavy atom. The SMILES string of the molecule is CCCNc1ncnc(SCCOC)c1C. The van der Waals surface area contributed by atoms with Crippen LogP contribution in [0, 0.1) is 6.92 Å². The van der Waals surface area contributed by atoms with Gasteiger partial charge in [0.05, 0.1) is 6.61 Å². The van der Waals surface area contributed by atoms with Gasteiger partial charge in [-0.2, -0.15) is 0 Å². The van der Waals surface area contributed by atoms with Gasteiger partial charge in [0.15, 0.2) is 0 Å². The van der Waals surface area contributed by atoms with Crippen molar-refractivity contribution >= 4 is 17.6 Å². The van der Waals surface area contributed by atoms with Gasteiger partial charge in [0.25, 0.3) is 0 Å². The molecule has 0 aliphatic rings. The van der Waals surface area contributed by atoms with Crippen LogP contribution in [0.2, 0.25) is 0 Å². The Kier molecular flexibility index (Phi) is 6.18. The molecule has 0 aliphatic heterocycles. The van der Waals surface area contributed by atoms with E-state index in [4.69, 9.17) is 4.74 Å². The van der Waals surface area contributed by atoms with Crippen molar-refractivity contribution in [3.8, 4) is 0 Å². The molecule has 0 aromatic carbocycles. The summed E-state index contributed by atoms with van der Waals surface area (Å²) in [6, 6.07) is 0. The highest BCUT2D eigenvalue weighted by molar-refractivity contribution is 7.99. The average molecular weight is 241 g/mol. The van der Waals surface area contributed by atoms with Gasteiger partial charge in [-0.3, -0.25) is 0 Å². The third-order valence-corrected chi connectivity index (χ3v) is 3.16. The normalized spacial score (nSPS) is 10.4. The van der Waals surface area contributed by atoms with E-state index in [9.17, 15) is 0 Å². The third-order valence-electron chi connectivity index (χ3n) is 2.11. The van der Waals surface area contributed by atoms with Gasteiger partial charge in [0, 0.05) is 25.0 Å². The second-order valence-corrected chi connectivity index (χ2v) is 4.50. The Balaban J connectivity index is 2.62. The van der Waals surface area contributed by atoms with Crippen LogP contribution < -0.4 is 5.32 Å². The first-order chi connectivity index (χ1) is 7.79. The molecule has 0 bridgehead atoms. The summed E-state index contributed by atoms with van der Waals surface area (Å²) in [7, 11) is 1.71. The van der Waals surface area contributed by atoms with Crippen molar-refractivity contribution in [3.63, 3.8) is 0 Å². The van der Waals surface area contributed by atoms with Crippen molar-refractivity contribution in [2.45, 2.75) is 25.3 Å². The monoisotopic (exact) mass is 241 g/mol. The summed E-state index contributed by atoms with van der Waals surface area (Å²) < 4.78 is 5.02. The molecule has 0 radical (unpaired) electrons. The first-order valence-corrected chi connectivity index (χ1v) is 6.45. The molecule has 16 heavy (non-hydrogen) atoms. The molecule has 0 aliphatic carbocycles. The molecule has 4 nitrogen and oxygen atoms in total. The van der Waals surface area contributed by atoms with E-state index in [0.717, 1.165) is 41.7 Å². The number of anilines is 1. The predicted octanol–water partition coefficient (Wildman–Crippen LogP) is 2.35. The van der Waals surface area contributed by atoms with E-state index >= 15 is 0 Å². The van der Waals surface area contributed by atoms with Crippen LogP contribution in [-0.2, 0) is 4.74 Å². The van der Waals surface area contributed by atoms with E-state index in [-0.39, 0.29) is 0 Å². The Hall–Kier alpha value is -0.810. The minimum Gasteiger partial charge on any atom is -0.384 e. The number of nitrogens with zero attached hydrogens (tertiary/aromatic N) is 2. The average Bonchev–Trinajstić information content (AvgIpc) is 2.30. The molecule has 1 heterocycles. The lowest BCUT2D eigenvalue weighted by atomic mass is 10.3. The van der Waals surface area contributed by atoms with Gasteiger partial charge < -0.3 is 10.1 Å². The van der Waals surface area contributed by atoms with Gasteiger partial charge in [-0.25, -0.2) is 9.97 Å². The summed E-state index contributed by atoms with van der Waals surface area (Å²) in [6.45, 7) is 5.87. The van der Waals surface area contributed by atoms with Crippen LogP contribution in [0.5, 0.6) is 0 Å². The Morgan fingerprint density at radius 3 is 2.94 bits per heavy atom. The summed E-state index contributed by atoms with van der Waals surface area (Å²) in [5, 5.41) is 4.33. The zero-order valence-electron chi connectivity index (χ0n) is 10.1. The molecule has 90 valence electrons. The van der Waals surface area contributed by atoms with Crippen LogP contribution in [0.4, 0.5) is 5.82 Å². The van der Waals surface area contributed by atoms with Crippen LogP contribution >= 0.6 is 11.8 Å².